The summed E-state index contributed by atoms with van der Waals surface area (Å²) in [6, 6.07) is 9.12. The molecule has 4 heteroatoms. The van der Waals surface area contributed by atoms with E-state index in [1.165, 1.54) is 18.2 Å². The van der Waals surface area contributed by atoms with E-state index < -0.39 is 0 Å². The number of hydrogen-bond donors (Lipinski definition) is 1. The third-order valence-electron chi connectivity index (χ3n) is 3.42. The highest BCUT2D eigenvalue weighted by Gasteiger charge is 2.16. The molecule has 2 rings (SSSR count). The van der Waals surface area contributed by atoms with Crippen LogP contribution in [0.15, 0.2) is 36.4 Å². The van der Waals surface area contributed by atoms with E-state index in [0.29, 0.717) is 17.0 Å². The molecule has 2 aromatic carbocycles. The van der Waals surface area contributed by atoms with Gasteiger partial charge in [0.15, 0.2) is 0 Å². The largest absolute Gasteiger partial charge is 0.313 e. The third-order valence-corrected chi connectivity index (χ3v) is 3.65. The van der Waals surface area contributed by atoms with Crippen molar-refractivity contribution in [1.29, 1.82) is 0 Å². The first-order valence-corrected chi connectivity index (χ1v) is 6.76. The zero-order valence-electron chi connectivity index (χ0n) is 11.4. The minimum absolute atomic E-state index is 0.184. The van der Waals surface area contributed by atoms with Gasteiger partial charge in [-0.05, 0) is 55.8 Å². The molecular weight excluding hydrogens is 280 g/mol. The lowest BCUT2D eigenvalue weighted by molar-refractivity contribution is 0.532. The zero-order chi connectivity index (χ0) is 14.7. The van der Waals surface area contributed by atoms with Crippen LogP contribution < -0.4 is 5.32 Å². The predicted octanol–water partition coefficient (Wildman–Crippen LogP) is 4.43. The molecular formula is C16H16ClF2N. The molecule has 0 bridgehead atoms. The molecule has 1 atom stereocenters. The molecule has 1 N–H and O–H groups in total. The van der Waals surface area contributed by atoms with Crippen molar-refractivity contribution in [2.75, 3.05) is 7.05 Å². The molecule has 106 valence electrons. The number of hydrogen-bond acceptors (Lipinski definition) is 1. The second kappa shape index (κ2) is 6.33. The Morgan fingerprint density at radius 1 is 1.15 bits per heavy atom. The van der Waals surface area contributed by atoms with Gasteiger partial charge in [-0.15, -0.1) is 0 Å². The summed E-state index contributed by atoms with van der Waals surface area (Å²) >= 11 is 5.77. The number of aryl methyl sites for hydroxylation is 1. The summed E-state index contributed by atoms with van der Waals surface area (Å²) < 4.78 is 27.1. The van der Waals surface area contributed by atoms with E-state index in [1.807, 2.05) is 6.92 Å². The van der Waals surface area contributed by atoms with Crippen molar-refractivity contribution in [3.8, 4) is 0 Å². The molecule has 1 unspecified atom stereocenters. The molecule has 0 saturated carbocycles. The Bertz CT molecular complexity index is 613. The molecule has 2 aromatic rings. The summed E-state index contributed by atoms with van der Waals surface area (Å²) in [5.41, 5.74) is 2.40. The van der Waals surface area contributed by atoms with Crippen molar-refractivity contribution in [1.82, 2.24) is 5.32 Å². The van der Waals surface area contributed by atoms with Gasteiger partial charge < -0.3 is 5.32 Å². The van der Waals surface area contributed by atoms with Gasteiger partial charge in [-0.3, -0.25) is 0 Å². The average molecular weight is 296 g/mol. The number of benzene rings is 2. The summed E-state index contributed by atoms with van der Waals surface area (Å²) in [5, 5.41) is 3.47. The first kappa shape index (κ1) is 14.9. The number of rotatable bonds is 4. The zero-order valence-corrected chi connectivity index (χ0v) is 12.1. The molecule has 0 fully saturated rings. The maximum Gasteiger partial charge on any atom is 0.129 e. The molecule has 0 spiro atoms. The van der Waals surface area contributed by atoms with Crippen LogP contribution in [0.3, 0.4) is 0 Å². The average Bonchev–Trinajstić information content (AvgIpc) is 2.39. The fourth-order valence-corrected chi connectivity index (χ4v) is 2.42. The summed E-state index contributed by atoms with van der Waals surface area (Å²) in [5.74, 6) is -0.596. The minimum Gasteiger partial charge on any atom is -0.313 e. The van der Waals surface area contributed by atoms with E-state index in [9.17, 15) is 8.78 Å². The van der Waals surface area contributed by atoms with Crippen LogP contribution in [0.2, 0.25) is 5.02 Å². The van der Waals surface area contributed by atoms with E-state index in [-0.39, 0.29) is 17.7 Å². The lowest BCUT2D eigenvalue weighted by atomic mass is 9.96. The standard InChI is InChI=1S/C16H16ClF2N/c1-10-7-13(18)5-3-11(10)8-16(20-2)14-6-4-12(17)9-15(14)19/h3-7,9,16,20H,8H2,1-2H3. The highest BCUT2D eigenvalue weighted by molar-refractivity contribution is 6.30. The van der Waals surface area contributed by atoms with Crippen molar-refractivity contribution >= 4 is 11.6 Å². The second-order valence-electron chi connectivity index (χ2n) is 4.78. The summed E-state index contributed by atoms with van der Waals surface area (Å²) in [4.78, 5) is 0. The van der Waals surface area contributed by atoms with Crippen LogP contribution in [0.4, 0.5) is 8.78 Å². The van der Waals surface area contributed by atoms with Crippen LogP contribution in [-0.4, -0.2) is 7.05 Å². The van der Waals surface area contributed by atoms with Crippen LogP contribution in [0.25, 0.3) is 0 Å². The van der Waals surface area contributed by atoms with Crippen LogP contribution in [0.5, 0.6) is 0 Å². The van der Waals surface area contributed by atoms with E-state index >= 15 is 0 Å². The third kappa shape index (κ3) is 3.35. The molecule has 0 aromatic heterocycles. The maximum absolute atomic E-state index is 14.0. The van der Waals surface area contributed by atoms with Crippen molar-refractivity contribution < 1.29 is 8.78 Å². The van der Waals surface area contributed by atoms with Crippen molar-refractivity contribution in [3.05, 3.63) is 69.7 Å². The van der Waals surface area contributed by atoms with E-state index in [2.05, 4.69) is 5.32 Å². The van der Waals surface area contributed by atoms with Gasteiger partial charge in [0.1, 0.15) is 11.6 Å². The Hall–Kier alpha value is -1.45. The number of nitrogens with one attached hydrogen (secondary N) is 1. The minimum atomic E-state index is -0.336. The lowest BCUT2D eigenvalue weighted by Crippen LogP contribution is -2.20. The quantitative estimate of drug-likeness (QED) is 0.880. The van der Waals surface area contributed by atoms with Gasteiger partial charge in [-0.25, -0.2) is 8.78 Å². The smallest absolute Gasteiger partial charge is 0.129 e. The van der Waals surface area contributed by atoms with E-state index in [4.69, 9.17) is 11.6 Å². The van der Waals surface area contributed by atoms with Crippen LogP contribution in [0, 0.1) is 18.6 Å². The Balaban J connectivity index is 2.28. The SMILES string of the molecule is CNC(Cc1ccc(F)cc1C)c1ccc(Cl)cc1F. The van der Waals surface area contributed by atoms with Crippen LogP contribution in [-0.2, 0) is 6.42 Å². The molecule has 20 heavy (non-hydrogen) atoms. The van der Waals surface area contributed by atoms with Crippen molar-refractivity contribution in [2.45, 2.75) is 19.4 Å². The Morgan fingerprint density at radius 2 is 1.90 bits per heavy atom. The molecule has 0 aliphatic carbocycles. The highest BCUT2D eigenvalue weighted by Crippen LogP contribution is 2.25. The van der Waals surface area contributed by atoms with Gasteiger partial charge in [-0.1, -0.05) is 23.7 Å². The first-order valence-electron chi connectivity index (χ1n) is 6.38. The Morgan fingerprint density at radius 3 is 2.50 bits per heavy atom. The Labute approximate surface area is 122 Å². The fraction of sp³-hybridized carbons (Fsp3) is 0.250. The van der Waals surface area contributed by atoms with Gasteiger partial charge >= 0.3 is 0 Å². The topological polar surface area (TPSA) is 12.0 Å². The number of halogens is 3. The molecule has 0 amide bonds. The van der Waals surface area contributed by atoms with Gasteiger partial charge in [0.2, 0.25) is 0 Å². The van der Waals surface area contributed by atoms with Crippen molar-refractivity contribution in [3.63, 3.8) is 0 Å². The molecule has 0 aliphatic heterocycles. The lowest BCUT2D eigenvalue weighted by Gasteiger charge is -2.19. The van der Waals surface area contributed by atoms with E-state index in [0.717, 1.165) is 11.1 Å². The molecule has 0 heterocycles. The highest BCUT2D eigenvalue weighted by atomic mass is 35.5. The van der Waals surface area contributed by atoms with Gasteiger partial charge in [0.25, 0.3) is 0 Å². The maximum atomic E-state index is 14.0. The first-order chi connectivity index (χ1) is 9.51. The second-order valence-corrected chi connectivity index (χ2v) is 5.22. The molecule has 0 aliphatic rings. The monoisotopic (exact) mass is 295 g/mol. The van der Waals surface area contributed by atoms with E-state index in [1.54, 1.807) is 25.2 Å². The van der Waals surface area contributed by atoms with Crippen LogP contribution in [0.1, 0.15) is 22.7 Å². The Kier molecular flexibility index (Phi) is 4.73. The summed E-state index contributed by atoms with van der Waals surface area (Å²) in [6.45, 7) is 1.85. The van der Waals surface area contributed by atoms with Gasteiger partial charge in [-0.2, -0.15) is 0 Å². The fourth-order valence-electron chi connectivity index (χ4n) is 2.26. The van der Waals surface area contributed by atoms with Crippen molar-refractivity contribution in [2.24, 2.45) is 0 Å². The summed E-state index contributed by atoms with van der Waals surface area (Å²) in [6.07, 6.45) is 0.584. The normalized spacial score (nSPS) is 12.4. The van der Waals surface area contributed by atoms with Gasteiger partial charge in [0.05, 0.1) is 0 Å². The number of likely N-dealkylation sites (N-methyl/N-ethyl adjacent to an activating group) is 1. The summed E-state index contributed by atoms with van der Waals surface area (Å²) in [7, 11) is 1.78. The van der Waals surface area contributed by atoms with Crippen LogP contribution >= 0.6 is 11.6 Å². The molecule has 0 radical (unpaired) electrons. The van der Waals surface area contributed by atoms with Gasteiger partial charge in [0, 0.05) is 16.6 Å². The predicted molar refractivity (Wildman–Crippen MR) is 78.1 cm³/mol. The molecule has 1 nitrogen and oxygen atoms in total. The molecule has 0 saturated heterocycles.